The van der Waals surface area contributed by atoms with E-state index in [1.165, 1.54) is 0 Å². The lowest BCUT2D eigenvalue weighted by atomic mass is 9.98. The molecule has 2 aromatic heterocycles. The first kappa shape index (κ1) is 29.9. The highest BCUT2D eigenvalue weighted by molar-refractivity contribution is 9.08. The molecule has 5 aromatic rings. The second-order valence-electron chi connectivity index (χ2n) is 10.5. The number of hydrogen-bond acceptors (Lipinski definition) is 5. The Morgan fingerprint density at radius 3 is 2.57 bits per heavy atom. The van der Waals surface area contributed by atoms with Gasteiger partial charge in [-0.05, 0) is 63.7 Å². The number of aromatic nitrogens is 3. The average Bonchev–Trinajstić information content (AvgIpc) is 3.48. The summed E-state index contributed by atoms with van der Waals surface area (Å²) in [4.78, 5) is 13.6. The van der Waals surface area contributed by atoms with Crippen LogP contribution in [0.2, 0.25) is 0 Å². The number of ether oxygens (including phenoxy) is 2. The van der Waals surface area contributed by atoms with E-state index in [2.05, 4.69) is 69.1 Å². The molecule has 0 atom stereocenters. The second-order valence-corrected chi connectivity index (χ2v) is 11.0. The van der Waals surface area contributed by atoms with Gasteiger partial charge in [0.05, 0.1) is 24.4 Å². The normalized spacial score (nSPS) is 11.5. The van der Waals surface area contributed by atoms with Gasteiger partial charge in [0.1, 0.15) is 11.4 Å². The molecule has 0 saturated heterocycles. The summed E-state index contributed by atoms with van der Waals surface area (Å²) in [5.74, 6) is 0.600. The first-order valence-electron chi connectivity index (χ1n) is 14.6. The number of fused-ring (bicyclic) bond motifs is 2. The Morgan fingerprint density at radius 1 is 1.02 bits per heavy atom. The fourth-order valence-electron chi connectivity index (χ4n) is 5.88. The number of carbonyl (C=O) groups is 1. The Kier molecular flexibility index (Phi) is 9.65. The summed E-state index contributed by atoms with van der Waals surface area (Å²) < 4.78 is 16.1. The molecule has 0 spiro atoms. The van der Waals surface area contributed by atoms with Crippen molar-refractivity contribution < 1.29 is 14.3 Å². The maximum atomic E-state index is 13.6. The predicted octanol–water partition coefficient (Wildman–Crippen LogP) is 7.20. The smallest absolute Gasteiger partial charge is 0.355 e. The molecule has 3 aromatic carbocycles. The first-order chi connectivity index (χ1) is 20.5. The van der Waals surface area contributed by atoms with Crippen molar-refractivity contribution in [2.75, 3.05) is 26.8 Å². The Morgan fingerprint density at radius 2 is 1.79 bits per heavy atom. The monoisotopic (exact) mass is 630 g/mol. The molecule has 1 N–H and O–H groups in total. The van der Waals surface area contributed by atoms with Crippen LogP contribution in [0.3, 0.4) is 0 Å². The third kappa shape index (κ3) is 5.83. The number of benzene rings is 3. The molecule has 0 fully saturated rings. The van der Waals surface area contributed by atoms with E-state index in [1.54, 1.807) is 0 Å². The highest BCUT2D eigenvalue weighted by Gasteiger charge is 2.27. The molecule has 0 aliphatic heterocycles. The summed E-state index contributed by atoms with van der Waals surface area (Å²) in [6, 6.07) is 20.8. The minimum absolute atomic E-state index is 0.280. The van der Waals surface area contributed by atoms with Crippen LogP contribution in [-0.2, 0) is 30.1 Å². The summed E-state index contributed by atoms with van der Waals surface area (Å²) in [6.45, 7) is 6.35. The molecule has 2 heterocycles. The van der Waals surface area contributed by atoms with Crippen molar-refractivity contribution in [2.45, 2.75) is 45.0 Å². The highest BCUT2D eigenvalue weighted by Crippen LogP contribution is 2.39. The van der Waals surface area contributed by atoms with Crippen molar-refractivity contribution in [1.29, 1.82) is 0 Å². The van der Waals surface area contributed by atoms with Crippen LogP contribution in [0.15, 0.2) is 60.7 Å². The molecule has 8 heteroatoms. The number of aryl methyl sites for hydroxylation is 3. The number of esters is 1. The van der Waals surface area contributed by atoms with Gasteiger partial charge in [0.25, 0.3) is 0 Å². The molecule has 0 radical (unpaired) electrons. The summed E-state index contributed by atoms with van der Waals surface area (Å²) in [5, 5.41) is 12.0. The zero-order valence-corrected chi connectivity index (χ0v) is 26.5. The Balaban J connectivity index is 1.57. The van der Waals surface area contributed by atoms with E-state index >= 15 is 0 Å². The SMILES string of the molecule is CCOC(=O)c1c(CCCOc2cccc3ccccc23)c2cccc(-c3c(CBr)nn(C)c3C)c2n1CCCNC. The van der Waals surface area contributed by atoms with Gasteiger partial charge in [0.15, 0.2) is 0 Å². The lowest BCUT2D eigenvalue weighted by molar-refractivity contribution is 0.0512. The lowest BCUT2D eigenvalue weighted by Crippen LogP contribution is -2.17. The molecule has 220 valence electrons. The Bertz CT molecular complexity index is 1700. The molecular formula is C34H39BrN4O3. The number of halogens is 1. The molecule has 42 heavy (non-hydrogen) atoms. The van der Waals surface area contributed by atoms with Gasteiger partial charge in [-0.1, -0.05) is 70.5 Å². The van der Waals surface area contributed by atoms with Crippen LogP contribution in [0.25, 0.3) is 32.8 Å². The van der Waals surface area contributed by atoms with Crippen molar-refractivity contribution in [1.82, 2.24) is 19.7 Å². The van der Waals surface area contributed by atoms with Crippen LogP contribution in [0.5, 0.6) is 5.75 Å². The molecule has 5 rings (SSSR count). The standard InChI is InChI=1S/C34H39BrN4O3/c1-5-41-34(40)33-27(17-10-21-42-30-18-8-13-24-12-6-7-14-25(24)30)26-15-9-16-28(32(26)39(33)20-11-19-36-3)31-23(2)38(4)37-29(31)22-35/h6-9,12-16,18,36H,5,10-11,17,19-22H2,1-4H3. The topological polar surface area (TPSA) is 70.3 Å². The number of alkyl halides is 1. The molecule has 0 aliphatic carbocycles. The highest BCUT2D eigenvalue weighted by atomic mass is 79.9. The minimum Gasteiger partial charge on any atom is -0.493 e. The van der Waals surface area contributed by atoms with Gasteiger partial charge in [-0.2, -0.15) is 5.10 Å². The number of para-hydroxylation sites is 1. The molecule has 0 unspecified atom stereocenters. The largest absolute Gasteiger partial charge is 0.493 e. The van der Waals surface area contributed by atoms with E-state index < -0.39 is 0 Å². The van der Waals surface area contributed by atoms with Crippen molar-refractivity contribution in [3.8, 4) is 16.9 Å². The van der Waals surface area contributed by atoms with E-state index in [0.717, 1.165) is 74.9 Å². The van der Waals surface area contributed by atoms with Crippen LogP contribution < -0.4 is 10.1 Å². The first-order valence-corrected chi connectivity index (χ1v) is 15.8. The van der Waals surface area contributed by atoms with Gasteiger partial charge in [-0.3, -0.25) is 4.68 Å². The van der Waals surface area contributed by atoms with Crippen molar-refractivity contribution in [3.63, 3.8) is 0 Å². The Labute approximate surface area is 255 Å². The zero-order chi connectivity index (χ0) is 29.6. The number of carbonyl (C=O) groups excluding carboxylic acids is 1. The third-order valence-electron chi connectivity index (χ3n) is 7.84. The van der Waals surface area contributed by atoms with Crippen molar-refractivity contribution in [3.05, 3.63) is 83.3 Å². The van der Waals surface area contributed by atoms with E-state index in [0.29, 0.717) is 37.2 Å². The fourth-order valence-corrected chi connectivity index (χ4v) is 6.27. The van der Waals surface area contributed by atoms with E-state index in [9.17, 15) is 4.79 Å². The molecule has 0 amide bonds. The number of nitrogens with one attached hydrogen (secondary N) is 1. The maximum absolute atomic E-state index is 13.6. The van der Waals surface area contributed by atoms with Gasteiger partial charge >= 0.3 is 5.97 Å². The Hall–Kier alpha value is -3.62. The molecule has 0 aliphatic rings. The minimum atomic E-state index is -0.280. The average molecular weight is 632 g/mol. The van der Waals surface area contributed by atoms with Gasteiger partial charge in [0.2, 0.25) is 0 Å². The molecule has 0 bridgehead atoms. The van der Waals surface area contributed by atoms with Crippen LogP contribution in [0, 0.1) is 6.92 Å². The number of nitrogens with zero attached hydrogens (tertiary/aromatic N) is 3. The lowest BCUT2D eigenvalue weighted by Gasteiger charge is -2.14. The van der Waals surface area contributed by atoms with Crippen LogP contribution in [-0.4, -0.2) is 47.1 Å². The van der Waals surface area contributed by atoms with E-state index in [1.807, 2.05) is 50.0 Å². The quantitative estimate of drug-likeness (QED) is 0.0846. The summed E-state index contributed by atoms with van der Waals surface area (Å²) in [6.07, 6.45) is 2.32. The predicted molar refractivity (Wildman–Crippen MR) is 174 cm³/mol. The molecule has 0 saturated carbocycles. The van der Waals surface area contributed by atoms with Gasteiger partial charge < -0.3 is 19.4 Å². The van der Waals surface area contributed by atoms with Gasteiger partial charge in [0, 0.05) is 46.5 Å². The second kappa shape index (κ2) is 13.6. The van der Waals surface area contributed by atoms with Crippen LogP contribution >= 0.6 is 15.9 Å². The number of rotatable bonds is 13. The van der Waals surface area contributed by atoms with Crippen LogP contribution in [0.4, 0.5) is 0 Å². The summed E-state index contributed by atoms with van der Waals surface area (Å²) in [7, 11) is 3.93. The molecular weight excluding hydrogens is 592 g/mol. The molecule has 7 nitrogen and oxygen atoms in total. The van der Waals surface area contributed by atoms with Gasteiger partial charge in [-0.25, -0.2) is 4.79 Å². The van der Waals surface area contributed by atoms with E-state index in [-0.39, 0.29) is 5.97 Å². The van der Waals surface area contributed by atoms with Crippen molar-refractivity contribution >= 4 is 43.6 Å². The number of hydrogen-bond donors (Lipinski definition) is 1. The van der Waals surface area contributed by atoms with Crippen LogP contribution in [0.1, 0.15) is 47.2 Å². The van der Waals surface area contributed by atoms with Crippen molar-refractivity contribution in [2.24, 2.45) is 7.05 Å². The third-order valence-corrected chi connectivity index (χ3v) is 8.38. The summed E-state index contributed by atoms with van der Waals surface area (Å²) in [5.41, 5.74) is 6.96. The summed E-state index contributed by atoms with van der Waals surface area (Å²) >= 11 is 3.65. The maximum Gasteiger partial charge on any atom is 0.355 e. The zero-order valence-electron chi connectivity index (χ0n) is 24.9. The van der Waals surface area contributed by atoms with E-state index in [4.69, 9.17) is 14.6 Å². The fraction of sp³-hybridized carbons (Fsp3) is 0.353. The van der Waals surface area contributed by atoms with Gasteiger partial charge in [-0.15, -0.1) is 0 Å².